The minimum absolute atomic E-state index is 0.249. The number of carbonyl (C=O) groups is 1. The largest absolute Gasteiger partial charge is 0.305 e. The summed E-state index contributed by atoms with van der Waals surface area (Å²) in [6.07, 6.45) is -0.112. The molecule has 0 aliphatic carbocycles. The van der Waals surface area contributed by atoms with Gasteiger partial charge < -0.3 is 4.90 Å². The zero-order chi connectivity index (χ0) is 14.0. The predicted molar refractivity (Wildman–Crippen MR) is 82.3 cm³/mol. The van der Waals surface area contributed by atoms with Crippen molar-refractivity contribution in [3.05, 3.63) is 40.4 Å². The summed E-state index contributed by atoms with van der Waals surface area (Å²) in [5.74, 6) is -0.249. The smallest absolute Gasteiger partial charge is 0.256 e. The molecule has 0 saturated heterocycles. The van der Waals surface area contributed by atoms with Crippen LogP contribution in [0.3, 0.4) is 0 Å². The Balaban J connectivity index is 2.34. The van der Waals surface area contributed by atoms with Gasteiger partial charge in [-0.2, -0.15) is 0 Å². The van der Waals surface area contributed by atoms with Crippen LogP contribution in [0, 0.1) is 0 Å². The molecule has 0 N–H and O–H groups in total. The Bertz CT molecular complexity index is 504. The van der Waals surface area contributed by atoms with Crippen molar-refractivity contribution in [1.82, 2.24) is 4.90 Å². The van der Waals surface area contributed by atoms with Crippen LogP contribution < -0.4 is 0 Å². The van der Waals surface area contributed by atoms with Crippen LogP contribution in [0.5, 0.6) is 0 Å². The third-order valence-electron chi connectivity index (χ3n) is 2.80. The molecule has 0 aromatic heterocycles. The second-order valence-electron chi connectivity index (χ2n) is 4.14. The highest BCUT2D eigenvalue weighted by molar-refractivity contribution is 14.1. The first-order valence-corrected chi connectivity index (χ1v) is 7.72. The van der Waals surface area contributed by atoms with Crippen LogP contribution in [0.4, 0.5) is 8.78 Å². The first-order chi connectivity index (χ1) is 8.99. The van der Waals surface area contributed by atoms with Crippen molar-refractivity contribution in [3.63, 3.8) is 0 Å². The van der Waals surface area contributed by atoms with Gasteiger partial charge in [0.2, 0.25) is 5.91 Å². The lowest BCUT2D eigenvalue weighted by Gasteiger charge is -2.31. The van der Waals surface area contributed by atoms with Gasteiger partial charge in [0.25, 0.3) is 6.43 Å². The SMILES string of the molecule is O=C1C(I)CC=C(c2ccc(Br)cc2)N1CC(F)F. The second-order valence-corrected chi connectivity index (χ2v) is 6.56. The molecule has 6 heteroatoms. The normalized spacial score (nSPS) is 19.8. The van der Waals surface area contributed by atoms with E-state index in [1.54, 1.807) is 0 Å². The van der Waals surface area contributed by atoms with E-state index in [1.807, 2.05) is 52.9 Å². The van der Waals surface area contributed by atoms with Crippen molar-refractivity contribution in [3.8, 4) is 0 Å². The Morgan fingerprint density at radius 3 is 2.58 bits per heavy atom. The third kappa shape index (κ3) is 3.53. The number of benzene rings is 1. The molecule has 2 rings (SSSR count). The quantitative estimate of drug-likeness (QED) is 0.511. The topological polar surface area (TPSA) is 20.3 Å². The Kier molecular flexibility index (Phi) is 4.94. The molecular formula is C13H11BrF2INO. The van der Waals surface area contributed by atoms with E-state index in [-0.39, 0.29) is 9.83 Å². The molecule has 0 saturated carbocycles. The number of rotatable bonds is 3. The summed E-state index contributed by atoms with van der Waals surface area (Å²) in [5, 5.41) is 0. The Hall–Kier alpha value is -0.500. The van der Waals surface area contributed by atoms with E-state index >= 15 is 0 Å². The van der Waals surface area contributed by atoms with Gasteiger partial charge in [0.15, 0.2) is 0 Å². The molecular weight excluding hydrogens is 431 g/mol. The van der Waals surface area contributed by atoms with Crippen molar-refractivity contribution in [2.75, 3.05) is 6.54 Å². The highest BCUT2D eigenvalue weighted by Crippen LogP contribution is 2.30. The Morgan fingerprint density at radius 2 is 2.00 bits per heavy atom. The van der Waals surface area contributed by atoms with Crippen LogP contribution in [0.15, 0.2) is 34.8 Å². The van der Waals surface area contributed by atoms with Gasteiger partial charge in [-0.15, -0.1) is 0 Å². The fourth-order valence-electron chi connectivity index (χ4n) is 1.93. The van der Waals surface area contributed by atoms with Crippen molar-refractivity contribution >= 4 is 50.1 Å². The molecule has 0 fully saturated rings. The minimum Gasteiger partial charge on any atom is -0.305 e. The molecule has 1 aromatic rings. The summed E-state index contributed by atoms with van der Waals surface area (Å²) in [4.78, 5) is 13.2. The summed E-state index contributed by atoms with van der Waals surface area (Å²) < 4.78 is 25.9. The van der Waals surface area contributed by atoms with Gasteiger partial charge in [-0.1, -0.05) is 56.7 Å². The lowest BCUT2D eigenvalue weighted by Crippen LogP contribution is -2.40. The van der Waals surface area contributed by atoms with Crippen LogP contribution in [0.25, 0.3) is 5.70 Å². The third-order valence-corrected chi connectivity index (χ3v) is 4.37. The lowest BCUT2D eigenvalue weighted by atomic mass is 10.0. The molecule has 1 aliphatic rings. The number of amides is 1. The number of hydrogen-bond donors (Lipinski definition) is 0. The number of hydrogen-bond acceptors (Lipinski definition) is 1. The molecule has 1 unspecified atom stereocenters. The summed E-state index contributed by atoms with van der Waals surface area (Å²) in [5.41, 5.74) is 1.35. The first-order valence-electron chi connectivity index (χ1n) is 5.68. The van der Waals surface area contributed by atoms with Gasteiger partial charge in [0.05, 0.1) is 10.5 Å². The zero-order valence-corrected chi connectivity index (χ0v) is 13.6. The van der Waals surface area contributed by atoms with Gasteiger partial charge in [-0.3, -0.25) is 4.79 Å². The summed E-state index contributed by atoms with van der Waals surface area (Å²) >= 11 is 5.32. The van der Waals surface area contributed by atoms with E-state index < -0.39 is 13.0 Å². The van der Waals surface area contributed by atoms with Crippen molar-refractivity contribution < 1.29 is 13.6 Å². The van der Waals surface area contributed by atoms with Crippen LogP contribution in [-0.2, 0) is 4.79 Å². The maximum absolute atomic E-state index is 12.6. The molecule has 1 aliphatic heterocycles. The molecule has 2 nitrogen and oxygen atoms in total. The number of alkyl halides is 3. The number of halogens is 4. The van der Waals surface area contributed by atoms with E-state index in [0.717, 1.165) is 10.0 Å². The van der Waals surface area contributed by atoms with Gasteiger partial charge in [0.1, 0.15) is 0 Å². The van der Waals surface area contributed by atoms with Crippen molar-refractivity contribution in [1.29, 1.82) is 0 Å². The van der Waals surface area contributed by atoms with Gasteiger partial charge in [-0.05, 0) is 24.1 Å². The Labute approximate surface area is 132 Å². The van der Waals surface area contributed by atoms with E-state index in [1.165, 1.54) is 4.90 Å². The maximum Gasteiger partial charge on any atom is 0.256 e. The van der Waals surface area contributed by atoms with Gasteiger partial charge >= 0.3 is 0 Å². The highest BCUT2D eigenvalue weighted by atomic mass is 127. The summed E-state index contributed by atoms with van der Waals surface area (Å²) in [6, 6.07) is 7.29. The molecule has 0 bridgehead atoms. The fraction of sp³-hybridized carbons (Fsp3) is 0.308. The van der Waals surface area contributed by atoms with Crippen molar-refractivity contribution in [2.24, 2.45) is 0 Å². The monoisotopic (exact) mass is 441 g/mol. The summed E-state index contributed by atoms with van der Waals surface area (Å²) in [6.45, 7) is -0.555. The van der Waals surface area contributed by atoms with Crippen LogP contribution >= 0.6 is 38.5 Å². The molecule has 0 radical (unpaired) electrons. The van der Waals surface area contributed by atoms with E-state index in [9.17, 15) is 13.6 Å². The predicted octanol–water partition coefficient (Wildman–Crippen LogP) is 4.09. The number of nitrogens with zero attached hydrogens (tertiary/aromatic N) is 1. The standard InChI is InChI=1S/C13H11BrF2INO/c14-9-3-1-8(2-4-9)11-6-5-10(17)13(19)18(11)7-12(15)16/h1-4,6,10,12H,5,7H2. The zero-order valence-electron chi connectivity index (χ0n) is 9.82. The average molecular weight is 442 g/mol. The number of allylic oxidation sites excluding steroid dienone is 1. The Morgan fingerprint density at radius 1 is 1.37 bits per heavy atom. The minimum atomic E-state index is -2.54. The molecule has 1 atom stereocenters. The highest BCUT2D eigenvalue weighted by Gasteiger charge is 2.30. The molecule has 1 amide bonds. The van der Waals surface area contributed by atoms with E-state index in [0.29, 0.717) is 12.1 Å². The molecule has 0 spiro atoms. The molecule has 19 heavy (non-hydrogen) atoms. The molecule has 102 valence electrons. The van der Waals surface area contributed by atoms with Gasteiger partial charge in [-0.25, -0.2) is 8.78 Å². The first kappa shape index (κ1) is 14.9. The van der Waals surface area contributed by atoms with Gasteiger partial charge in [0, 0.05) is 10.2 Å². The van der Waals surface area contributed by atoms with E-state index in [2.05, 4.69) is 15.9 Å². The molecule has 1 aromatic carbocycles. The fourth-order valence-corrected chi connectivity index (χ4v) is 2.79. The van der Waals surface area contributed by atoms with Crippen LogP contribution in [-0.4, -0.2) is 27.7 Å². The average Bonchev–Trinajstić information content (AvgIpc) is 2.36. The van der Waals surface area contributed by atoms with E-state index in [4.69, 9.17) is 0 Å². The van der Waals surface area contributed by atoms with Crippen LogP contribution in [0.1, 0.15) is 12.0 Å². The molecule has 1 heterocycles. The van der Waals surface area contributed by atoms with Crippen LogP contribution in [0.2, 0.25) is 0 Å². The van der Waals surface area contributed by atoms with Crippen molar-refractivity contribution in [2.45, 2.75) is 16.8 Å². The summed E-state index contributed by atoms with van der Waals surface area (Å²) in [7, 11) is 0. The lowest BCUT2D eigenvalue weighted by molar-refractivity contribution is -0.128. The second kappa shape index (κ2) is 6.30. The number of carbonyl (C=O) groups excluding carboxylic acids is 1. The maximum atomic E-state index is 12.6.